The van der Waals surface area contributed by atoms with Gasteiger partial charge in [-0.15, -0.1) is 12.3 Å². The van der Waals surface area contributed by atoms with Gasteiger partial charge in [0.2, 0.25) is 0 Å². The quantitative estimate of drug-likeness (QED) is 0.532. The molecule has 2 nitrogen and oxygen atoms in total. The Bertz CT molecular complexity index is 181. The van der Waals surface area contributed by atoms with Gasteiger partial charge in [-0.05, 0) is 45.3 Å². The standard InChI is InChI=1S/C12H22N2/c1-2-3-5-10-14-11-6-4-7-12(14)8-9-13/h1,12H,3-11,13H2. The van der Waals surface area contributed by atoms with Gasteiger partial charge in [-0.2, -0.15) is 0 Å². The largest absolute Gasteiger partial charge is 0.330 e. The third-order valence-electron chi connectivity index (χ3n) is 3.02. The van der Waals surface area contributed by atoms with E-state index in [9.17, 15) is 0 Å². The van der Waals surface area contributed by atoms with Gasteiger partial charge in [0.25, 0.3) is 0 Å². The Morgan fingerprint density at radius 3 is 3.00 bits per heavy atom. The number of terminal acetylenes is 1. The zero-order chi connectivity index (χ0) is 10.2. The molecular weight excluding hydrogens is 172 g/mol. The van der Waals surface area contributed by atoms with Crippen molar-refractivity contribution in [1.82, 2.24) is 4.90 Å². The maximum absolute atomic E-state index is 5.62. The minimum atomic E-state index is 0.728. The summed E-state index contributed by atoms with van der Waals surface area (Å²) in [6.07, 6.45) is 12.5. The van der Waals surface area contributed by atoms with Crippen molar-refractivity contribution in [2.24, 2.45) is 5.73 Å². The first-order valence-electron chi connectivity index (χ1n) is 5.76. The molecule has 0 aromatic heterocycles. The summed E-state index contributed by atoms with van der Waals surface area (Å²) in [5, 5.41) is 0. The molecule has 0 bridgehead atoms. The smallest absolute Gasteiger partial charge is 0.0107 e. The van der Waals surface area contributed by atoms with Gasteiger partial charge < -0.3 is 10.6 Å². The van der Waals surface area contributed by atoms with Crippen molar-refractivity contribution in [3.05, 3.63) is 0 Å². The fourth-order valence-corrected chi connectivity index (χ4v) is 2.26. The maximum Gasteiger partial charge on any atom is 0.0107 e. The van der Waals surface area contributed by atoms with E-state index in [-0.39, 0.29) is 0 Å². The first-order valence-corrected chi connectivity index (χ1v) is 5.76. The maximum atomic E-state index is 5.62. The summed E-state index contributed by atoms with van der Waals surface area (Å²) >= 11 is 0. The molecule has 0 spiro atoms. The normalized spacial score (nSPS) is 23.3. The van der Waals surface area contributed by atoms with Crippen LogP contribution in [0.1, 0.15) is 38.5 Å². The van der Waals surface area contributed by atoms with Gasteiger partial charge in [-0.1, -0.05) is 6.42 Å². The van der Waals surface area contributed by atoms with Crippen LogP contribution in [0.5, 0.6) is 0 Å². The summed E-state index contributed by atoms with van der Waals surface area (Å²) in [5.41, 5.74) is 5.62. The van der Waals surface area contributed by atoms with Gasteiger partial charge in [-0.25, -0.2) is 0 Å². The number of hydrogen-bond donors (Lipinski definition) is 1. The third-order valence-corrected chi connectivity index (χ3v) is 3.02. The molecule has 0 amide bonds. The molecule has 2 N–H and O–H groups in total. The second-order valence-electron chi connectivity index (χ2n) is 4.07. The van der Waals surface area contributed by atoms with Crippen LogP contribution < -0.4 is 5.73 Å². The number of hydrogen-bond acceptors (Lipinski definition) is 2. The summed E-state index contributed by atoms with van der Waals surface area (Å²) in [4.78, 5) is 2.58. The van der Waals surface area contributed by atoms with Crippen LogP contribution in [0.2, 0.25) is 0 Å². The van der Waals surface area contributed by atoms with Crippen LogP contribution in [-0.4, -0.2) is 30.6 Å². The van der Waals surface area contributed by atoms with E-state index in [0.29, 0.717) is 0 Å². The zero-order valence-electron chi connectivity index (χ0n) is 9.04. The topological polar surface area (TPSA) is 29.3 Å². The first-order chi connectivity index (χ1) is 6.88. The molecule has 1 unspecified atom stereocenters. The predicted molar refractivity (Wildman–Crippen MR) is 61.0 cm³/mol. The molecule has 2 heteroatoms. The Labute approximate surface area is 87.8 Å². The molecule has 1 heterocycles. The number of piperidine rings is 1. The highest BCUT2D eigenvalue weighted by Gasteiger charge is 2.20. The van der Waals surface area contributed by atoms with Crippen molar-refractivity contribution >= 4 is 0 Å². The average Bonchev–Trinajstić information content (AvgIpc) is 2.21. The first kappa shape index (κ1) is 11.6. The summed E-state index contributed by atoms with van der Waals surface area (Å²) in [5.74, 6) is 2.70. The third kappa shape index (κ3) is 3.69. The van der Waals surface area contributed by atoms with E-state index in [2.05, 4.69) is 10.8 Å². The van der Waals surface area contributed by atoms with Crippen LogP contribution in [0.25, 0.3) is 0 Å². The Morgan fingerprint density at radius 2 is 2.29 bits per heavy atom. The Balaban J connectivity index is 2.27. The fourth-order valence-electron chi connectivity index (χ4n) is 2.26. The Hall–Kier alpha value is -0.520. The summed E-state index contributed by atoms with van der Waals surface area (Å²) in [6, 6.07) is 0.728. The highest BCUT2D eigenvalue weighted by molar-refractivity contribution is 4.84. The van der Waals surface area contributed by atoms with E-state index in [4.69, 9.17) is 12.2 Å². The Morgan fingerprint density at radius 1 is 1.43 bits per heavy atom. The fraction of sp³-hybridized carbons (Fsp3) is 0.833. The lowest BCUT2D eigenvalue weighted by Crippen LogP contribution is -2.41. The van der Waals surface area contributed by atoms with Crippen molar-refractivity contribution in [2.45, 2.75) is 44.6 Å². The van der Waals surface area contributed by atoms with Crippen molar-refractivity contribution in [3.63, 3.8) is 0 Å². The number of likely N-dealkylation sites (tertiary alicyclic amines) is 1. The molecule has 1 saturated heterocycles. The van der Waals surface area contributed by atoms with E-state index in [1.807, 2.05) is 0 Å². The molecule has 1 fully saturated rings. The average molecular weight is 194 g/mol. The molecule has 1 atom stereocenters. The van der Waals surface area contributed by atoms with Gasteiger partial charge in [0.15, 0.2) is 0 Å². The number of rotatable bonds is 5. The second kappa shape index (κ2) is 6.86. The number of nitrogens with zero attached hydrogens (tertiary/aromatic N) is 1. The lowest BCUT2D eigenvalue weighted by Gasteiger charge is -2.35. The molecule has 0 aromatic rings. The van der Waals surface area contributed by atoms with Crippen LogP contribution in [0.3, 0.4) is 0 Å². The molecule has 1 aliphatic heterocycles. The predicted octanol–water partition coefficient (Wildman–Crippen LogP) is 1.60. The number of nitrogens with two attached hydrogens (primary N) is 1. The second-order valence-corrected chi connectivity index (χ2v) is 4.07. The van der Waals surface area contributed by atoms with Gasteiger partial charge in [0, 0.05) is 12.5 Å². The number of unbranched alkanes of at least 4 members (excludes halogenated alkanes) is 1. The SMILES string of the molecule is C#CCCCN1CCCCC1CCN. The molecule has 0 aliphatic carbocycles. The highest BCUT2D eigenvalue weighted by atomic mass is 15.2. The van der Waals surface area contributed by atoms with Crippen molar-refractivity contribution in [3.8, 4) is 12.3 Å². The zero-order valence-corrected chi connectivity index (χ0v) is 9.04. The van der Waals surface area contributed by atoms with Gasteiger partial charge in [0.1, 0.15) is 0 Å². The Kier molecular flexibility index (Phi) is 5.66. The molecule has 0 saturated carbocycles. The van der Waals surface area contributed by atoms with Crippen LogP contribution in [0.4, 0.5) is 0 Å². The van der Waals surface area contributed by atoms with Crippen LogP contribution in [0.15, 0.2) is 0 Å². The summed E-state index contributed by atoms with van der Waals surface area (Å²) in [7, 11) is 0. The van der Waals surface area contributed by atoms with Crippen molar-refractivity contribution in [2.75, 3.05) is 19.6 Å². The van der Waals surface area contributed by atoms with E-state index in [0.717, 1.165) is 38.4 Å². The molecule has 1 aliphatic rings. The van der Waals surface area contributed by atoms with Crippen LogP contribution in [-0.2, 0) is 0 Å². The minimum Gasteiger partial charge on any atom is -0.330 e. The van der Waals surface area contributed by atoms with E-state index in [1.54, 1.807) is 0 Å². The molecule has 80 valence electrons. The van der Waals surface area contributed by atoms with Crippen molar-refractivity contribution in [1.29, 1.82) is 0 Å². The molecule has 1 rings (SSSR count). The monoisotopic (exact) mass is 194 g/mol. The van der Waals surface area contributed by atoms with Gasteiger partial charge in [-0.3, -0.25) is 0 Å². The van der Waals surface area contributed by atoms with Crippen LogP contribution >= 0.6 is 0 Å². The summed E-state index contributed by atoms with van der Waals surface area (Å²) < 4.78 is 0. The summed E-state index contributed by atoms with van der Waals surface area (Å²) in [6.45, 7) is 3.22. The molecular formula is C12H22N2. The van der Waals surface area contributed by atoms with E-state index >= 15 is 0 Å². The lowest BCUT2D eigenvalue weighted by atomic mass is 9.99. The highest BCUT2D eigenvalue weighted by Crippen LogP contribution is 2.19. The molecule has 14 heavy (non-hydrogen) atoms. The van der Waals surface area contributed by atoms with Gasteiger partial charge in [0.05, 0.1) is 0 Å². The van der Waals surface area contributed by atoms with Crippen molar-refractivity contribution < 1.29 is 0 Å². The molecule has 0 aromatic carbocycles. The minimum absolute atomic E-state index is 0.728. The van der Waals surface area contributed by atoms with Crippen LogP contribution in [0, 0.1) is 12.3 Å². The molecule has 0 radical (unpaired) electrons. The lowest BCUT2D eigenvalue weighted by molar-refractivity contribution is 0.141. The van der Waals surface area contributed by atoms with E-state index < -0.39 is 0 Å². The van der Waals surface area contributed by atoms with E-state index in [1.165, 1.54) is 25.8 Å². The van der Waals surface area contributed by atoms with Gasteiger partial charge >= 0.3 is 0 Å².